The Hall–Kier alpha value is -2.02. The first-order valence-corrected chi connectivity index (χ1v) is 7.32. The molecule has 0 aliphatic carbocycles. The molecule has 2 N–H and O–H groups in total. The Morgan fingerprint density at radius 3 is 3.10 bits per heavy atom. The van der Waals surface area contributed by atoms with E-state index in [1.165, 1.54) is 0 Å². The molecule has 3 heterocycles. The van der Waals surface area contributed by atoms with Crippen LogP contribution < -0.4 is 10.6 Å². The maximum Gasteiger partial charge on any atom is 0.252 e. The third-order valence-electron chi connectivity index (χ3n) is 3.64. The monoisotopic (exact) mass is 288 g/mol. The number of piperidine rings is 1. The highest BCUT2D eigenvalue weighted by Crippen LogP contribution is 2.06. The third kappa shape index (κ3) is 3.18. The molecule has 1 aliphatic rings. The van der Waals surface area contributed by atoms with Crippen molar-refractivity contribution in [3.05, 3.63) is 23.3 Å². The molecule has 1 amide bonds. The molecule has 0 radical (unpaired) electrons. The van der Waals surface area contributed by atoms with E-state index in [1.54, 1.807) is 4.52 Å². The van der Waals surface area contributed by atoms with E-state index < -0.39 is 0 Å². The van der Waals surface area contributed by atoms with Gasteiger partial charge in [-0.3, -0.25) is 4.79 Å². The fourth-order valence-electron chi connectivity index (χ4n) is 2.68. The summed E-state index contributed by atoms with van der Waals surface area (Å²) in [4.78, 5) is 20.7. The second kappa shape index (κ2) is 5.77. The summed E-state index contributed by atoms with van der Waals surface area (Å²) in [6, 6.07) is 2.16. The van der Waals surface area contributed by atoms with Crippen LogP contribution in [0.4, 0.5) is 0 Å². The molecule has 0 bridgehead atoms. The van der Waals surface area contributed by atoms with Gasteiger partial charge >= 0.3 is 0 Å². The van der Waals surface area contributed by atoms with Gasteiger partial charge in [0.05, 0.1) is 6.42 Å². The maximum absolute atomic E-state index is 12.1. The minimum Gasteiger partial charge on any atom is -0.352 e. The van der Waals surface area contributed by atoms with Crippen LogP contribution in [0.3, 0.4) is 0 Å². The van der Waals surface area contributed by atoms with Crippen molar-refractivity contribution < 1.29 is 4.79 Å². The van der Waals surface area contributed by atoms with Gasteiger partial charge in [-0.15, -0.1) is 5.10 Å². The molecule has 0 spiro atoms. The molecule has 1 saturated heterocycles. The molecule has 7 heteroatoms. The van der Waals surface area contributed by atoms with Crippen LogP contribution in [0.5, 0.6) is 0 Å². The number of nitrogens with one attached hydrogen (secondary N) is 2. The number of fused-ring (bicyclic) bond motifs is 1. The summed E-state index contributed by atoms with van der Waals surface area (Å²) in [5.41, 5.74) is 1.87. The summed E-state index contributed by atoms with van der Waals surface area (Å²) in [6.45, 7) is 5.74. The SMILES string of the molecule is Cc1cc(C)n2nc(CC(=O)N[C@H]3CCCNC3)nc2n1. The lowest BCUT2D eigenvalue weighted by atomic mass is 10.1. The van der Waals surface area contributed by atoms with Gasteiger partial charge in [0.15, 0.2) is 5.82 Å². The van der Waals surface area contributed by atoms with Crippen molar-refractivity contribution in [1.29, 1.82) is 0 Å². The van der Waals surface area contributed by atoms with Crippen molar-refractivity contribution in [2.45, 2.75) is 39.2 Å². The van der Waals surface area contributed by atoms with Crippen molar-refractivity contribution >= 4 is 11.7 Å². The van der Waals surface area contributed by atoms with Crippen LogP contribution >= 0.6 is 0 Å². The number of aromatic nitrogens is 4. The molecule has 0 aromatic carbocycles. The fraction of sp³-hybridized carbons (Fsp3) is 0.571. The zero-order chi connectivity index (χ0) is 14.8. The van der Waals surface area contributed by atoms with Crippen molar-refractivity contribution in [2.24, 2.45) is 0 Å². The molecule has 3 rings (SSSR count). The van der Waals surface area contributed by atoms with Crippen LogP contribution in [0, 0.1) is 13.8 Å². The summed E-state index contributed by atoms with van der Waals surface area (Å²) in [7, 11) is 0. The number of carbonyl (C=O) groups excluding carboxylic acids is 1. The summed E-state index contributed by atoms with van der Waals surface area (Å²) in [5, 5.41) is 10.7. The van der Waals surface area contributed by atoms with Gasteiger partial charge in [0, 0.05) is 24.0 Å². The van der Waals surface area contributed by atoms with E-state index in [1.807, 2.05) is 19.9 Å². The number of rotatable bonds is 3. The van der Waals surface area contributed by atoms with E-state index in [2.05, 4.69) is 25.7 Å². The second-order valence-corrected chi connectivity index (χ2v) is 5.57. The molecule has 112 valence electrons. The van der Waals surface area contributed by atoms with E-state index >= 15 is 0 Å². The first kappa shape index (κ1) is 13.9. The van der Waals surface area contributed by atoms with Gasteiger partial charge in [0.2, 0.25) is 5.91 Å². The fourth-order valence-corrected chi connectivity index (χ4v) is 2.68. The molecular weight excluding hydrogens is 268 g/mol. The van der Waals surface area contributed by atoms with Gasteiger partial charge in [-0.1, -0.05) is 0 Å². The van der Waals surface area contributed by atoms with Gasteiger partial charge in [0.1, 0.15) is 0 Å². The zero-order valence-corrected chi connectivity index (χ0v) is 12.4. The highest BCUT2D eigenvalue weighted by molar-refractivity contribution is 5.78. The Balaban J connectivity index is 1.69. The van der Waals surface area contributed by atoms with Crippen molar-refractivity contribution in [3.63, 3.8) is 0 Å². The smallest absolute Gasteiger partial charge is 0.252 e. The standard InChI is InChI=1S/C14H20N6O/c1-9-6-10(2)20-14(16-9)18-12(19-20)7-13(21)17-11-4-3-5-15-8-11/h6,11,15H,3-5,7-8H2,1-2H3,(H,17,21)/t11-/m0/s1. The number of amides is 1. The topological polar surface area (TPSA) is 84.2 Å². The van der Waals surface area contributed by atoms with Crippen LogP contribution in [-0.2, 0) is 11.2 Å². The highest BCUT2D eigenvalue weighted by Gasteiger charge is 2.17. The van der Waals surface area contributed by atoms with E-state index in [0.29, 0.717) is 11.6 Å². The highest BCUT2D eigenvalue weighted by atomic mass is 16.1. The maximum atomic E-state index is 12.1. The number of hydrogen-bond acceptors (Lipinski definition) is 5. The molecule has 21 heavy (non-hydrogen) atoms. The Bertz CT molecular complexity index is 659. The molecule has 2 aromatic rings. The van der Waals surface area contributed by atoms with Crippen LogP contribution in [-0.4, -0.2) is 44.6 Å². The zero-order valence-electron chi connectivity index (χ0n) is 12.4. The average Bonchev–Trinajstić information content (AvgIpc) is 2.82. The minimum atomic E-state index is -0.0334. The molecule has 1 aliphatic heterocycles. The van der Waals surface area contributed by atoms with Crippen molar-refractivity contribution in [3.8, 4) is 0 Å². The Labute approximate surface area is 123 Å². The third-order valence-corrected chi connectivity index (χ3v) is 3.64. The van der Waals surface area contributed by atoms with Gasteiger partial charge in [-0.25, -0.2) is 9.50 Å². The number of carbonyl (C=O) groups is 1. The van der Waals surface area contributed by atoms with E-state index in [-0.39, 0.29) is 18.4 Å². The van der Waals surface area contributed by atoms with E-state index in [4.69, 9.17) is 0 Å². The summed E-state index contributed by atoms with van der Waals surface area (Å²) in [5.74, 6) is 1.03. The first-order chi connectivity index (χ1) is 10.1. The van der Waals surface area contributed by atoms with Gasteiger partial charge in [0.25, 0.3) is 5.78 Å². The van der Waals surface area contributed by atoms with Gasteiger partial charge in [-0.05, 0) is 39.3 Å². The Morgan fingerprint density at radius 2 is 2.33 bits per heavy atom. The van der Waals surface area contributed by atoms with E-state index in [0.717, 1.165) is 37.3 Å². The molecule has 7 nitrogen and oxygen atoms in total. The minimum absolute atomic E-state index is 0.0334. The molecule has 0 unspecified atom stereocenters. The van der Waals surface area contributed by atoms with Crippen LogP contribution in [0.15, 0.2) is 6.07 Å². The number of aryl methyl sites for hydroxylation is 2. The van der Waals surface area contributed by atoms with Crippen LogP contribution in [0.2, 0.25) is 0 Å². The lowest BCUT2D eigenvalue weighted by Gasteiger charge is -2.23. The molecular formula is C14H20N6O. The van der Waals surface area contributed by atoms with E-state index in [9.17, 15) is 4.79 Å². The largest absolute Gasteiger partial charge is 0.352 e. The van der Waals surface area contributed by atoms with Gasteiger partial charge < -0.3 is 10.6 Å². The molecule has 1 fully saturated rings. The summed E-state index contributed by atoms with van der Waals surface area (Å²) < 4.78 is 1.68. The summed E-state index contributed by atoms with van der Waals surface area (Å²) >= 11 is 0. The predicted octanol–water partition coefficient (Wildman–Crippen LogP) is 0.152. The lowest BCUT2D eigenvalue weighted by Crippen LogP contribution is -2.46. The quantitative estimate of drug-likeness (QED) is 0.840. The Kier molecular flexibility index (Phi) is 3.83. The predicted molar refractivity (Wildman–Crippen MR) is 78.0 cm³/mol. The first-order valence-electron chi connectivity index (χ1n) is 7.32. The summed E-state index contributed by atoms with van der Waals surface area (Å²) in [6.07, 6.45) is 2.31. The van der Waals surface area contributed by atoms with Crippen LogP contribution in [0.1, 0.15) is 30.1 Å². The normalized spacial score (nSPS) is 18.9. The Morgan fingerprint density at radius 1 is 1.48 bits per heavy atom. The average molecular weight is 288 g/mol. The van der Waals surface area contributed by atoms with Gasteiger partial charge in [-0.2, -0.15) is 4.98 Å². The lowest BCUT2D eigenvalue weighted by molar-refractivity contribution is -0.121. The van der Waals surface area contributed by atoms with Crippen molar-refractivity contribution in [2.75, 3.05) is 13.1 Å². The molecule has 2 aromatic heterocycles. The van der Waals surface area contributed by atoms with Crippen molar-refractivity contribution in [1.82, 2.24) is 30.2 Å². The van der Waals surface area contributed by atoms with Crippen LogP contribution in [0.25, 0.3) is 5.78 Å². The molecule has 1 atom stereocenters. The number of hydrogen-bond donors (Lipinski definition) is 2. The second-order valence-electron chi connectivity index (χ2n) is 5.57. The molecule has 0 saturated carbocycles. The number of nitrogens with zero attached hydrogens (tertiary/aromatic N) is 4.